The molecule has 0 radical (unpaired) electrons. The van der Waals surface area contributed by atoms with Crippen molar-refractivity contribution in [2.45, 2.75) is 123 Å². The fraction of sp³-hybridized carbons (Fsp3) is 0.466. The molecule has 5 amide bonds. The summed E-state index contributed by atoms with van der Waals surface area (Å²) < 4.78 is 37.3. The average Bonchev–Trinajstić information content (AvgIpc) is 3.39. The third-order valence-electron chi connectivity index (χ3n) is 12.0. The lowest BCUT2D eigenvalue weighted by atomic mass is 10.1. The Morgan fingerprint density at radius 2 is 0.963 bits per heavy atom. The number of nitrogens with two attached hydrogens (primary N) is 1. The molecule has 23 heteroatoms. The summed E-state index contributed by atoms with van der Waals surface area (Å²) in [5.41, 5.74) is 5.63. The van der Waals surface area contributed by atoms with Crippen molar-refractivity contribution in [3.8, 4) is 11.5 Å². The van der Waals surface area contributed by atoms with Gasteiger partial charge in [0.25, 0.3) is 11.8 Å². The van der Waals surface area contributed by atoms with Crippen LogP contribution in [0.3, 0.4) is 0 Å². The predicted molar refractivity (Wildman–Crippen MR) is 309 cm³/mol. The first-order valence-corrected chi connectivity index (χ1v) is 26.7. The molecule has 4 aromatic rings. The maximum Gasteiger partial charge on any atom is 0.412 e. The van der Waals surface area contributed by atoms with Crippen molar-refractivity contribution in [1.82, 2.24) is 25.8 Å². The van der Waals surface area contributed by atoms with Gasteiger partial charge in [0.15, 0.2) is 11.2 Å². The molecule has 2 saturated heterocycles. The highest BCUT2D eigenvalue weighted by Crippen LogP contribution is 2.23. The number of alkyl carbamates (subject to hydrolysis) is 1. The zero-order valence-electron chi connectivity index (χ0n) is 46.1. The normalized spacial score (nSPS) is 15.0. The van der Waals surface area contributed by atoms with Crippen molar-refractivity contribution in [2.24, 2.45) is 5.73 Å². The molecule has 5 N–H and O–H groups in total. The minimum absolute atomic E-state index is 0. The van der Waals surface area contributed by atoms with E-state index in [0.29, 0.717) is 91.1 Å². The number of nitrogens with one attached hydrogen (secondary N) is 3. The van der Waals surface area contributed by atoms with Crippen LogP contribution in [0.25, 0.3) is 0 Å². The molecule has 0 bridgehead atoms. The number of piperidine rings is 2. The number of amides is 5. The SMILES string of the molecule is C.CC(C)(C)OC(=O)N[C@@H]1CCCN(C(=O)OCOC(=O)C(C)(C)Oc2ccc(CCNC(=O)c3ccc(Cl)cc3)cc2)C1.CC(C)(Oc1ccc(CCNC(=O)c2ccc(Cl)cc2)cc1)C(=O)OCOC(=O)N1CCC[C@@H](N)C1.Cl. The molecule has 81 heavy (non-hydrogen) atoms. The molecule has 20 nitrogen and oxygen atoms in total. The standard InChI is InChI=1S/C31H40ClN3O8.C26H32ClN3O6.CH4.ClH/c1-30(2,3)43-28(38)34-24-7-6-18-35(19-24)29(39)41-20-40-27(37)31(4,5)42-25-14-8-21(9-15-25)16-17-33-26(36)22-10-12-23(32)13-11-22;1-26(2,24(32)34-17-35-25(33)30-15-3-4-21(28)16-30)36-22-11-5-18(6-12-22)13-14-29-23(31)19-7-9-20(27)10-8-19;;/h8-15,24H,6-7,16-20H2,1-5H3,(H,33,36)(H,34,38);5-12,21H,3-4,13-17,28H2,1-2H3,(H,29,31);1H4;1H/t24-;21-;;/m11../s1. The molecule has 0 aromatic heterocycles. The van der Waals surface area contributed by atoms with Gasteiger partial charge in [-0.05, 0) is 171 Å². The van der Waals surface area contributed by atoms with Crippen LogP contribution >= 0.6 is 35.6 Å². The number of halogens is 3. The van der Waals surface area contributed by atoms with Gasteiger partial charge in [0.05, 0.1) is 0 Å². The third kappa shape index (κ3) is 23.9. The van der Waals surface area contributed by atoms with Gasteiger partial charge < -0.3 is 64.6 Å². The van der Waals surface area contributed by atoms with Gasteiger partial charge in [-0.2, -0.15) is 0 Å². The minimum atomic E-state index is -1.35. The molecule has 2 atom stereocenters. The summed E-state index contributed by atoms with van der Waals surface area (Å²) in [6, 6.07) is 27.3. The molecular weight excluding hydrogens is 1110 g/mol. The quantitative estimate of drug-likeness (QED) is 0.0387. The Kier molecular flexibility index (Phi) is 27.3. The first kappa shape index (κ1) is 68.3. The molecule has 4 aromatic carbocycles. The van der Waals surface area contributed by atoms with Gasteiger partial charge in [-0.25, -0.2) is 24.0 Å². The molecule has 2 fully saturated rings. The van der Waals surface area contributed by atoms with Crippen LogP contribution in [-0.2, 0) is 46.1 Å². The van der Waals surface area contributed by atoms with Gasteiger partial charge in [-0.15, -0.1) is 12.4 Å². The fourth-order valence-corrected chi connectivity index (χ4v) is 8.13. The van der Waals surface area contributed by atoms with Crippen molar-refractivity contribution in [3.05, 3.63) is 129 Å². The highest BCUT2D eigenvalue weighted by Gasteiger charge is 2.34. The second-order valence-corrected chi connectivity index (χ2v) is 21.6. The van der Waals surface area contributed by atoms with Gasteiger partial charge >= 0.3 is 30.2 Å². The van der Waals surface area contributed by atoms with E-state index < -0.39 is 60.6 Å². The van der Waals surface area contributed by atoms with Crippen LogP contribution in [0.4, 0.5) is 14.4 Å². The van der Waals surface area contributed by atoms with Crippen LogP contribution in [0.5, 0.6) is 11.5 Å². The van der Waals surface area contributed by atoms with Crippen LogP contribution in [-0.4, -0.2) is 134 Å². The Morgan fingerprint density at radius 1 is 0.568 bits per heavy atom. The Bertz CT molecular complexity index is 2670. The van der Waals surface area contributed by atoms with E-state index >= 15 is 0 Å². The van der Waals surface area contributed by atoms with Gasteiger partial charge in [-0.3, -0.25) is 9.59 Å². The number of carbonyl (C=O) groups is 7. The zero-order valence-corrected chi connectivity index (χ0v) is 48.5. The summed E-state index contributed by atoms with van der Waals surface area (Å²) in [5.74, 6) is -0.804. The van der Waals surface area contributed by atoms with Crippen LogP contribution in [0.15, 0.2) is 97.1 Å². The average molecular weight is 1190 g/mol. The molecule has 0 aliphatic carbocycles. The number of nitrogens with zero attached hydrogens (tertiary/aromatic N) is 2. The Morgan fingerprint density at radius 3 is 1.36 bits per heavy atom. The molecular formula is C58H77Cl3N6O14. The maximum atomic E-state index is 12.7. The summed E-state index contributed by atoms with van der Waals surface area (Å²) in [5, 5.41) is 9.64. The third-order valence-corrected chi connectivity index (χ3v) is 12.6. The number of hydrogen-bond acceptors (Lipinski definition) is 15. The highest BCUT2D eigenvalue weighted by molar-refractivity contribution is 6.31. The number of likely N-dealkylation sites (tertiary alicyclic amines) is 2. The Labute approximate surface area is 490 Å². The fourth-order valence-electron chi connectivity index (χ4n) is 7.88. The van der Waals surface area contributed by atoms with Gasteiger partial charge in [0.2, 0.25) is 13.6 Å². The second-order valence-electron chi connectivity index (χ2n) is 20.7. The van der Waals surface area contributed by atoms with Crippen molar-refractivity contribution in [1.29, 1.82) is 0 Å². The number of ether oxygens (including phenoxy) is 7. The van der Waals surface area contributed by atoms with Crippen molar-refractivity contribution in [2.75, 3.05) is 52.9 Å². The smallest absolute Gasteiger partial charge is 0.412 e. The molecule has 2 heterocycles. The maximum absolute atomic E-state index is 12.7. The summed E-state index contributed by atoms with van der Waals surface area (Å²) in [6.07, 6.45) is 2.53. The predicted octanol–water partition coefficient (Wildman–Crippen LogP) is 9.68. The first-order valence-electron chi connectivity index (χ1n) is 25.9. The summed E-state index contributed by atoms with van der Waals surface area (Å²) in [6.45, 7) is 13.1. The summed E-state index contributed by atoms with van der Waals surface area (Å²) in [7, 11) is 0. The van der Waals surface area contributed by atoms with E-state index in [2.05, 4.69) is 16.0 Å². The summed E-state index contributed by atoms with van der Waals surface area (Å²) in [4.78, 5) is 89.2. The topological polar surface area (TPSA) is 253 Å². The number of esters is 2. The van der Waals surface area contributed by atoms with Crippen molar-refractivity contribution in [3.63, 3.8) is 0 Å². The number of carbonyl (C=O) groups excluding carboxylic acids is 7. The molecule has 0 spiro atoms. The second kappa shape index (κ2) is 32.4. The number of hydrogen-bond donors (Lipinski definition) is 4. The van der Waals surface area contributed by atoms with Gasteiger partial charge in [0.1, 0.15) is 17.1 Å². The lowest BCUT2D eigenvalue weighted by Gasteiger charge is -2.33. The van der Waals surface area contributed by atoms with Gasteiger partial charge in [0, 0.05) is 72.5 Å². The number of rotatable bonds is 19. The van der Waals surface area contributed by atoms with Crippen molar-refractivity contribution < 1.29 is 66.7 Å². The van der Waals surface area contributed by atoms with Crippen LogP contribution in [0.1, 0.15) is 113 Å². The van der Waals surface area contributed by atoms with Crippen LogP contribution in [0.2, 0.25) is 10.0 Å². The Balaban J connectivity index is 0.000000421. The molecule has 2 aliphatic rings. The lowest BCUT2D eigenvalue weighted by molar-refractivity contribution is -0.169. The van der Waals surface area contributed by atoms with E-state index in [0.717, 1.165) is 24.0 Å². The molecule has 2 aliphatic heterocycles. The van der Waals surface area contributed by atoms with Crippen molar-refractivity contribution >= 4 is 77.6 Å². The van der Waals surface area contributed by atoms with E-state index in [9.17, 15) is 33.6 Å². The molecule has 444 valence electrons. The lowest BCUT2D eigenvalue weighted by Crippen LogP contribution is -2.50. The minimum Gasteiger partial charge on any atom is -0.476 e. The molecule has 0 saturated carbocycles. The van der Waals surface area contributed by atoms with E-state index in [1.165, 1.54) is 9.80 Å². The largest absolute Gasteiger partial charge is 0.476 e. The Hall–Kier alpha value is -7.00. The first-order chi connectivity index (χ1) is 37.4. The van der Waals surface area contributed by atoms with Gasteiger partial charge in [-0.1, -0.05) is 54.9 Å². The van der Waals surface area contributed by atoms with E-state index in [4.69, 9.17) is 62.1 Å². The summed E-state index contributed by atoms with van der Waals surface area (Å²) >= 11 is 11.7. The molecule has 0 unspecified atom stereocenters. The van der Waals surface area contributed by atoms with E-state index in [-0.39, 0.29) is 50.3 Å². The van der Waals surface area contributed by atoms with Crippen LogP contribution in [0, 0.1) is 0 Å². The highest BCUT2D eigenvalue weighted by atomic mass is 35.5. The van der Waals surface area contributed by atoms with E-state index in [1.807, 2.05) is 24.3 Å². The van der Waals surface area contributed by atoms with E-state index in [1.54, 1.807) is 121 Å². The van der Waals surface area contributed by atoms with Crippen LogP contribution < -0.4 is 31.2 Å². The monoisotopic (exact) mass is 1190 g/mol. The molecule has 6 rings (SSSR count). The number of benzene rings is 4. The zero-order chi connectivity index (χ0) is 57.8.